The first-order chi connectivity index (χ1) is 23.2. The summed E-state index contributed by atoms with van der Waals surface area (Å²) in [4.78, 5) is 60.0. The molecule has 0 saturated carbocycles. The summed E-state index contributed by atoms with van der Waals surface area (Å²) >= 11 is 1.87. The summed E-state index contributed by atoms with van der Waals surface area (Å²) in [6.07, 6.45) is 4.55. The molecule has 0 spiro atoms. The summed E-state index contributed by atoms with van der Waals surface area (Å²) in [5, 5.41) is 30.0. The predicted octanol–water partition coefficient (Wildman–Crippen LogP) is 5.09. The van der Waals surface area contributed by atoms with Gasteiger partial charge in [-0.15, -0.1) is 0 Å². The van der Waals surface area contributed by atoms with Crippen molar-refractivity contribution in [2.75, 3.05) is 12.3 Å². The van der Waals surface area contributed by atoms with Crippen molar-refractivity contribution in [2.24, 2.45) is 0 Å². The van der Waals surface area contributed by atoms with Gasteiger partial charge in [-0.1, -0.05) is 18.6 Å². The van der Waals surface area contributed by atoms with E-state index < -0.39 is 5.97 Å². The first kappa shape index (κ1) is 33.1. The highest BCUT2D eigenvalue weighted by atomic mass is 32.2. The number of carbonyl (C=O) groups excluding carboxylic acids is 3. The molecule has 3 atom stereocenters. The lowest BCUT2D eigenvalue weighted by atomic mass is 9.92. The predicted molar refractivity (Wildman–Crippen MR) is 183 cm³/mol. The number of benzene rings is 3. The minimum Gasteiger partial charge on any atom is -0.508 e. The number of amides is 3. The van der Waals surface area contributed by atoms with Gasteiger partial charge in [-0.3, -0.25) is 14.4 Å². The second-order valence-corrected chi connectivity index (χ2v) is 13.6. The zero-order chi connectivity index (χ0) is 33.8. The molecule has 3 aliphatic heterocycles. The molecule has 6 rings (SSSR count). The molecule has 2 aromatic rings. The molecule has 1 aliphatic carbocycles. The van der Waals surface area contributed by atoms with Crippen LogP contribution in [0.1, 0.15) is 60.9 Å². The number of thioether (sulfide) groups is 1. The Hall–Kier alpha value is -4.84. The van der Waals surface area contributed by atoms with Crippen LogP contribution in [0.3, 0.4) is 0 Å². The standard InChI is InChI=1S/C36H37N3O8S/c40-23(4-1-2-6-31-34-27(19-48-31)38-36(46)39-34)5-3-15-37-32(43)14-11-22-16-26-30(18-28(22)42)47-29-17-24(41)12-13-25(29)33(26)20-7-9-21(10-8-20)35(44)45/h7-10,12-13,16-18,27,31,34,42H,1-6,11,14-15,19H2,(H,37,43)(H,44,45)(H2,38,39,46)/t27-,31-,34-/m0/s1. The summed E-state index contributed by atoms with van der Waals surface area (Å²) in [5.74, 6) is 0.140. The van der Waals surface area contributed by atoms with Gasteiger partial charge in [-0.05, 0) is 67.1 Å². The Balaban J connectivity index is 1.01. The molecule has 0 radical (unpaired) electrons. The Morgan fingerprint density at radius 1 is 0.938 bits per heavy atom. The fourth-order valence-electron chi connectivity index (χ4n) is 6.53. The Morgan fingerprint density at radius 3 is 2.52 bits per heavy atom. The Labute approximate surface area is 280 Å². The zero-order valence-corrected chi connectivity index (χ0v) is 27.1. The molecule has 48 heavy (non-hydrogen) atoms. The first-order valence-electron chi connectivity index (χ1n) is 16.2. The number of urea groups is 1. The number of aromatic carboxylic acids is 1. The maximum absolute atomic E-state index is 12.6. The number of nitrogens with one attached hydrogen (secondary N) is 3. The summed E-state index contributed by atoms with van der Waals surface area (Å²) in [6.45, 7) is 0.381. The van der Waals surface area contributed by atoms with Crippen LogP contribution in [-0.2, 0) is 16.0 Å². The van der Waals surface area contributed by atoms with E-state index in [1.807, 2.05) is 11.8 Å². The third-order valence-electron chi connectivity index (χ3n) is 9.02. The largest absolute Gasteiger partial charge is 0.508 e. The van der Waals surface area contributed by atoms with E-state index in [2.05, 4.69) is 16.0 Å². The van der Waals surface area contributed by atoms with E-state index >= 15 is 0 Å². The number of aromatic hydroxyl groups is 1. The van der Waals surface area contributed by atoms with Crippen LogP contribution in [0, 0.1) is 0 Å². The van der Waals surface area contributed by atoms with Gasteiger partial charge < -0.3 is 30.6 Å². The van der Waals surface area contributed by atoms with Gasteiger partial charge in [0.1, 0.15) is 22.9 Å². The normalized spacial score (nSPS) is 18.4. The molecule has 3 heterocycles. The van der Waals surface area contributed by atoms with Crippen LogP contribution in [-0.4, -0.2) is 63.5 Å². The molecule has 12 heteroatoms. The van der Waals surface area contributed by atoms with E-state index in [0.717, 1.165) is 25.0 Å². The number of carbonyl (C=O) groups is 4. The number of ketones is 1. The number of phenols is 1. The van der Waals surface area contributed by atoms with E-state index in [-0.39, 0.29) is 59.4 Å². The van der Waals surface area contributed by atoms with Crippen molar-refractivity contribution in [3.05, 3.63) is 75.9 Å². The van der Waals surface area contributed by atoms with Gasteiger partial charge >= 0.3 is 12.0 Å². The number of hydrogen-bond acceptors (Lipinski definition) is 8. The molecule has 2 fully saturated rings. The van der Waals surface area contributed by atoms with Crippen LogP contribution in [0.15, 0.2) is 63.8 Å². The SMILES string of the molecule is O=C(CCCC[C@@H]1SC[C@@H]2NC(=O)N[C@@H]21)CCCNC(=O)CCc1cc2c(-c3ccc(C(=O)O)cc3)c3ccc(=O)cc-3oc2cc1O. The molecule has 11 nitrogen and oxygen atoms in total. The molecule has 2 aromatic carbocycles. The van der Waals surface area contributed by atoms with Crippen molar-refractivity contribution in [2.45, 2.75) is 68.7 Å². The highest BCUT2D eigenvalue weighted by molar-refractivity contribution is 8.00. The average Bonchev–Trinajstić information content (AvgIpc) is 3.62. The summed E-state index contributed by atoms with van der Waals surface area (Å²) in [6, 6.07) is 14.4. The van der Waals surface area contributed by atoms with E-state index in [1.54, 1.807) is 24.3 Å². The summed E-state index contributed by atoms with van der Waals surface area (Å²) in [5.41, 5.74) is 2.84. The van der Waals surface area contributed by atoms with Crippen molar-refractivity contribution >= 4 is 46.4 Å². The van der Waals surface area contributed by atoms with Gasteiger partial charge in [-0.25, -0.2) is 9.59 Å². The monoisotopic (exact) mass is 671 g/mol. The lowest BCUT2D eigenvalue weighted by Gasteiger charge is -2.17. The molecule has 0 aromatic heterocycles. The van der Waals surface area contributed by atoms with Crippen LogP contribution >= 0.6 is 11.8 Å². The molecule has 0 unspecified atom stereocenters. The molecule has 5 N–H and O–H groups in total. The number of carboxylic acid groups (broad SMARTS) is 1. The Bertz CT molecular complexity index is 1890. The molecule has 0 bridgehead atoms. The van der Waals surface area contributed by atoms with E-state index in [1.165, 1.54) is 30.3 Å². The van der Waals surface area contributed by atoms with Crippen molar-refractivity contribution in [3.63, 3.8) is 0 Å². The molecule has 250 valence electrons. The first-order valence-corrected chi connectivity index (χ1v) is 17.2. The van der Waals surface area contributed by atoms with Crippen molar-refractivity contribution in [1.82, 2.24) is 16.0 Å². The van der Waals surface area contributed by atoms with Gasteiger partial charge in [-0.2, -0.15) is 11.8 Å². The van der Waals surface area contributed by atoms with Gasteiger partial charge in [0.2, 0.25) is 5.91 Å². The molecule has 2 saturated heterocycles. The molecule has 4 aliphatic rings. The lowest BCUT2D eigenvalue weighted by Crippen LogP contribution is -2.36. The lowest BCUT2D eigenvalue weighted by molar-refractivity contribution is -0.122. The zero-order valence-electron chi connectivity index (χ0n) is 26.3. The van der Waals surface area contributed by atoms with Crippen molar-refractivity contribution < 1.29 is 33.8 Å². The van der Waals surface area contributed by atoms with Crippen LogP contribution in [0.25, 0.3) is 33.4 Å². The van der Waals surface area contributed by atoms with Gasteiger partial charge in [0.25, 0.3) is 0 Å². The quantitative estimate of drug-likeness (QED) is 0.0695. The Morgan fingerprint density at radius 2 is 1.73 bits per heavy atom. The average molecular weight is 672 g/mol. The minimum absolute atomic E-state index is 0.0505. The number of Topliss-reactive ketones (excluding diaryl/α,β-unsaturated/α-hetero) is 1. The summed E-state index contributed by atoms with van der Waals surface area (Å²) in [7, 11) is 0. The number of carboxylic acids is 1. The Kier molecular flexibility index (Phi) is 10.00. The number of rotatable bonds is 14. The highest BCUT2D eigenvalue weighted by Crippen LogP contribution is 2.42. The second kappa shape index (κ2) is 14.5. The van der Waals surface area contributed by atoms with Crippen molar-refractivity contribution in [1.29, 1.82) is 0 Å². The van der Waals surface area contributed by atoms with Gasteiger partial charge in [0.05, 0.1) is 17.6 Å². The van der Waals surface area contributed by atoms with Crippen LogP contribution < -0.4 is 21.4 Å². The highest BCUT2D eigenvalue weighted by Gasteiger charge is 2.42. The second-order valence-electron chi connectivity index (χ2n) is 12.4. The van der Waals surface area contributed by atoms with Crippen LogP contribution in [0.4, 0.5) is 4.79 Å². The summed E-state index contributed by atoms with van der Waals surface area (Å²) < 4.78 is 5.99. The molecular formula is C36H37N3O8S. The topological polar surface area (TPSA) is 175 Å². The third kappa shape index (κ3) is 7.49. The maximum Gasteiger partial charge on any atom is 0.335 e. The third-order valence-corrected chi connectivity index (χ3v) is 10.5. The van der Waals surface area contributed by atoms with E-state index in [9.17, 15) is 34.2 Å². The van der Waals surface area contributed by atoms with Crippen LogP contribution in [0.5, 0.6) is 5.75 Å². The number of fused-ring (bicyclic) bond motifs is 3. The van der Waals surface area contributed by atoms with E-state index in [0.29, 0.717) is 70.0 Å². The van der Waals surface area contributed by atoms with Crippen LogP contribution in [0.2, 0.25) is 0 Å². The van der Waals surface area contributed by atoms with Crippen molar-refractivity contribution in [3.8, 4) is 28.2 Å². The van der Waals surface area contributed by atoms with Gasteiger partial charge in [0, 0.05) is 65.5 Å². The fraction of sp³-hybridized carbons (Fsp3) is 0.361. The fourth-order valence-corrected chi connectivity index (χ4v) is 8.07. The minimum atomic E-state index is -1.05. The smallest absolute Gasteiger partial charge is 0.335 e. The number of unbranched alkanes of at least 4 members (excludes halogenated alkanes) is 1. The number of hydrogen-bond donors (Lipinski definition) is 5. The number of aryl methyl sites for hydroxylation is 1. The molecule has 3 amide bonds. The van der Waals surface area contributed by atoms with Gasteiger partial charge in [0.15, 0.2) is 5.43 Å². The van der Waals surface area contributed by atoms with E-state index in [4.69, 9.17) is 4.42 Å². The number of phenolic OH excluding ortho intramolecular Hbond substituents is 1. The maximum atomic E-state index is 12.6. The molecular weight excluding hydrogens is 634 g/mol.